The molecule has 5 heteroatoms. The van der Waals surface area contributed by atoms with Crippen molar-refractivity contribution in [2.24, 2.45) is 0 Å². The Morgan fingerprint density at radius 3 is 3.07 bits per heavy atom. The highest BCUT2D eigenvalue weighted by Gasteiger charge is 2.01. The summed E-state index contributed by atoms with van der Waals surface area (Å²) in [6, 6.07) is 5.86. The highest BCUT2D eigenvalue weighted by Crippen LogP contribution is 2.22. The van der Waals surface area contributed by atoms with E-state index in [1.54, 1.807) is 17.5 Å². The molecular weight excluding hydrogens is 296 g/mol. The summed E-state index contributed by atoms with van der Waals surface area (Å²) in [5.74, 6) is 0. The van der Waals surface area contributed by atoms with Crippen LogP contribution in [0.1, 0.15) is 4.88 Å². The summed E-state index contributed by atoms with van der Waals surface area (Å²) in [4.78, 5) is 5.25. The third kappa shape index (κ3) is 2.93. The van der Waals surface area contributed by atoms with Gasteiger partial charge in [-0.3, -0.25) is 0 Å². The highest BCUT2D eigenvalue weighted by molar-refractivity contribution is 9.10. The molecule has 0 amide bonds. The molecule has 2 rings (SSSR count). The number of nitrogens with zero attached hydrogens (tertiary/aromatic N) is 1. The van der Waals surface area contributed by atoms with E-state index in [1.165, 1.54) is 4.88 Å². The van der Waals surface area contributed by atoms with Crippen molar-refractivity contribution >= 4 is 44.6 Å². The molecule has 0 radical (unpaired) electrons. The van der Waals surface area contributed by atoms with Crippen LogP contribution in [0.5, 0.6) is 0 Å². The van der Waals surface area contributed by atoms with E-state index < -0.39 is 0 Å². The van der Waals surface area contributed by atoms with Crippen LogP contribution >= 0.6 is 38.9 Å². The predicted octanol–water partition coefficient (Wildman–Crippen LogP) is 4.17. The zero-order chi connectivity index (χ0) is 10.7. The number of pyridine rings is 1. The number of nitrogens with one attached hydrogen (secondary N) is 1. The lowest BCUT2D eigenvalue weighted by Crippen LogP contribution is -1.98. The fraction of sp³-hybridized carbons (Fsp3) is 0.100. The van der Waals surface area contributed by atoms with E-state index in [0.717, 1.165) is 16.7 Å². The smallest absolute Gasteiger partial charge is 0.152 e. The minimum atomic E-state index is 0.508. The van der Waals surface area contributed by atoms with Gasteiger partial charge in [0.1, 0.15) is 0 Å². The number of thiophene rings is 1. The summed E-state index contributed by atoms with van der Waals surface area (Å²) in [6.07, 6.45) is 1.68. The second-order valence-corrected chi connectivity index (χ2v) is 5.20. The van der Waals surface area contributed by atoms with Crippen molar-refractivity contribution in [1.29, 1.82) is 0 Å². The molecule has 0 unspecified atom stereocenters. The van der Waals surface area contributed by atoms with Crippen molar-refractivity contribution in [1.82, 2.24) is 4.98 Å². The molecule has 2 nitrogen and oxygen atoms in total. The van der Waals surface area contributed by atoms with Crippen LogP contribution in [-0.2, 0) is 6.54 Å². The van der Waals surface area contributed by atoms with Crippen molar-refractivity contribution < 1.29 is 0 Å². The average Bonchev–Trinajstić information content (AvgIpc) is 2.63. The molecule has 0 spiro atoms. The summed E-state index contributed by atoms with van der Waals surface area (Å²) in [7, 11) is 0. The van der Waals surface area contributed by atoms with Crippen LogP contribution < -0.4 is 5.32 Å². The SMILES string of the molecule is Clc1ncccc1NCc1cc(Br)cs1. The monoisotopic (exact) mass is 302 g/mol. The van der Waals surface area contributed by atoms with E-state index in [0.29, 0.717) is 5.15 Å². The summed E-state index contributed by atoms with van der Waals surface area (Å²) in [5, 5.41) is 5.80. The van der Waals surface area contributed by atoms with E-state index in [-0.39, 0.29) is 0 Å². The molecule has 2 heterocycles. The van der Waals surface area contributed by atoms with Gasteiger partial charge in [0.05, 0.1) is 5.69 Å². The molecule has 78 valence electrons. The molecule has 2 aromatic heterocycles. The Labute approximate surface area is 105 Å². The number of hydrogen-bond acceptors (Lipinski definition) is 3. The maximum atomic E-state index is 5.92. The Bertz CT molecular complexity index is 458. The van der Waals surface area contributed by atoms with Gasteiger partial charge in [-0.05, 0) is 34.1 Å². The Morgan fingerprint density at radius 1 is 1.53 bits per heavy atom. The molecule has 0 aliphatic carbocycles. The van der Waals surface area contributed by atoms with Crippen LogP contribution in [0, 0.1) is 0 Å². The summed E-state index contributed by atoms with van der Waals surface area (Å²) in [5.41, 5.74) is 0.865. The van der Waals surface area contributed by atoms with Crippen LogP contribution in [0.25, 0.3) is 0 Å². The van der Waals surface area contributed by atoms with Crippen molar-refractivity contribution in [3.8, 4) is 0 Å². The summed E-state index contributed by atoms with van der Waals surface area (Å²) in [6.45, 7) is 0.766. The van der Waals surface area contributed by atoms with Crippen LogP contribution in [0.2, 0.25) is 5.15 Å². The van der Waals surface area contributed by atoms with E-state index in [2.05, 4.69) is 37.7 Å². The van der Waals surface area contributed by atoms with E-state index in [9.17, 15) is 0 Å². The first-order chi connectivity index (χ1) is 7.25. The summed E-state index contributed by atoms with van der Waals surface area (Å²) < 4.78 is 1.11. The second kappa shape index (κ2) is 4.96. The van der Waals surface area contributed by atoms with Gasteiger partial charge in [0, 0.05) is 27.5 Å². The topological polar surface area (TPSA) is 24.9 Å². The first-order valence-corrected chi connectivity index (χ1v) is 6.38. The van der Waals surface area contributed by atoms with Crippen molar-refractivity contribution in [3.05, 3.63) is 44.3 Å². The molecular formula is C10H8BrClN2S. The quantitative estimate of drug-likeness (QED) is 0.861. The summed E-state index contributed by atoms with van der Waals surface area (Å²) >= 11 is 11.0. The molecule has 0 bridgehead atoms. The zero-order valence-electron chi connectivity index (χ0n) is 7.71. The normalized spacial score (nSPS) is 10.3. The first-order valence-electron chi connectivity index (χ1n) is 4.33. The Balaban J connectivity index is 2.02. The third-order valence-corrected chi connectivity index (χ3v) is 3.83. The lowest BCUT2D eigenvalue weighted by molar-refractivity contribution is 1.17. The van der Waals surface area contributed by atoms with Gasteiger partial charge < -0.3 is 5.32 Å². The minimum absolute atomic E-state index is 0.508. The molecule has 1 N–H and O–H groups in total. The van der Waals surface area contributed by atoms with Gasteiger partial charge in [-0.25, -0.2) is 4.98 Å². The van der Waals surface area contributed by atoms with Gasteiger partial charge >= 0.3 is 0 Å². The van der Waals surface area contributed by atoms with Gasteiger partial charge in [-0.2, -0.15) is 0 Å². The molecule has 0 aliphatic rings. The number of anilines is 1. The third-order valence-electron chi connectivity index (χ3n) is 1.83. The molecule has 15 heavy (non-hydrogen) atoms. The van der Waals surface area contributed by atoms with Gasteiger partial charge in [-0.1, -0.05) is 11.6 Å². The molecule has 0 fully saturated rings. The molecule has 0 saturated heterocycles. The maximum absolute atomic E-state index is 5.92. The Hall–Kier alpha value is -0.580. The lowest BCUT2D eigenvalue weighted by Gasteiger charge is -2.05. The van der Waals surface area contributed by atoms with Crippen molar-refractivity contribution in [3.63, 3.8) is 0 Å². The molecule has 2 aromatic rings. The van der Waals surface area contributed by atoms with Gasteiger partial charge in [-0.15, -0.1) is 11.3 Å². The number of rotatable bonds is 3. The van der Waals surface area contributed by atoms with E-state index >= 15 is 0 Å². The first kappa shape index (κ1) is 10.9. The number of hydrogen-bond donors (Lipinski definition) is 1. The van der Waals surface area contributed by atoms with E-state index in [4.69, 9.17) is 11.6 Å². The van der Waals surface area contributed by atoms with Gasteiger partial charge in [0.15, 0.2) is 5.15 Å². The zero-order valence-corrected chi connectivity index (χ0v) is 10.9. The number of aromatic nitrogens is 1. The second-order valence-electron chi connectivity index (χ2n) is 2.93. The standard InChI is InChI=1S/C10H8BrClN2S/c11-7-4-8(15-6-7)5-14-9-2-1-3-13-10(9)12/h1-4,6,14H,5H2. The van der Waals surface area contributed by atoms with Crippen LogP contribution in [-0.4, -0.2) is 4.98 Å². The largest absolute Gasteiger partial charge is 0.378 e. The lowest BCUT2D eigenvalue weighted by atomic mass is 10.4. The molecule has 0 aromatic carbocycles. The molecule has 0 atom stereocenters. The average molecular weight is 304 g/mol. The molecule has 0 saturated carbocycles. The van der Waals surface area contributed by atoms with Crippen molar-refractivity contribution in [2.75, 3.05) is 5.32 Å². The fourth-order valence-electron chi connectivity index (χ4n) is 1.15. The Kier molecular flexibility index (Phi) is 3.61. The predicted molar refractivity (Wildman–Crippen MR) is 68.6 cm³/mol. The van der Waals surface area contributed by atoms with Crippen LogP contribution in [0.15, 0.2) is 34.2 Å². The van der Waals surface area contributed by atoms with E-state index in [1.807, 2.05) is 12.1 Å². The van der Waals surface area contributed by atoms with Crippen LogP contribution in [0.3, 0.4) is 0 Å². The van der Waals surface area contributed by atoms with Gasteiger partial charge in [0.25, 0.3) is 0 Å². The molecule has 0 aliphatic heterocycles. The minimum Gasteiger partial charge on any atom is -0.378 e. The Morgan fingerprint density at radius 2 is 2.40 bits per heavy atom. The van der Waals surface area contributed by atoms with Crippen molar-refractivity contribution in [2.45, 2.75) is 6.54 Å². The van der Waals surface area contributed by atoms with Crippen LogP contribution in [0.4, 0.5) is 5.69 Å². The fourth-order valence-corrected chi connectivity index (χ4v) is 2.72. The maximum Gasteiger partial charge on any atom is 0.152 e. The number of halogens is 2. The van der Waals surface area contributed by atoms with Gasteiger partial charge in [0.2, 0.25) is 0 Å². The highest BCUT2D eigenvalue weighted by atomic mass is 79.9.